The van der Waals surface area contributed by atoms with Crippen molar-refractivity contribution in [2.45, 2.75) is 32.1 Å². The molecule has 7 heteroatoms. The average molecular weight is 421 g/mol. The van der Waals surface area contributed by atoms with Crippen molar-refractivity contribution in [1.82, 2.24) is 14.5 Å². The van der Waals surface area contributed by atoms with Gasteiger partial charge < -0.3 is 9.30 Å². The lowest BCUT2D eigenvalue weighted by Crippen LogP contribution is -2.46. The van der Waals surface area contributed by atoms with E-state index >= 15 is 0 Å². The molecule has 0 fully saturated rings. The van der Waals surface area contributed by atoms with Crippen molar-refractivity contribution < 1.29 is 9.53 Å². The molecule has 0 amide bonds. The number of carbonyl (C=O) groups excluding carboxylic acids is 1. The second kappa shape index (κ2) is 8.70. The minimum Gasteiger partial charge on any atom is -0.468 e. The molecule has 1 aliphatic rings. The Hall–Kier alpha value is -3.14. The number of rotatable bonds is 5. The first-order chi connectivity index (χ1) is 14.6. The molecular formula is C23H21ClN4O2. The summed E-state index contributed by atoms with van der Waals surface area (Å²) in [6.45, 7) is 1.79. The van der Waals surface area contributed by atoms with E-state index in [1.165, 1.54) is 7.11 Å². The maximum atomic E-state index is 12.5. The molecule has 30 heavy (non-hydrogen) atoms. The first-order valence-corrected chi connectivity index (χ1v) is 10.0. The van der Waals surface area contributed by atoms with Crippen molar-refractivity contribution in [2.24, 2.45) is 0 Å². The Bertz CT molecular complexity index is 1100. The number of methoxy groups -OCH3 is 1. The van der Waals surface area contributed by atoms with Gasteiger partial charge in [-0.1, -0.05) is 35.9 Å². The third-order valence-corrected chi connectivity index (χ3v) is 5.65. The molecule has 1 aromatic heterocycles. The van der Waals surface area contributed by atoms with Crippen LogP contribution in [0.15, 0.2) is 54.9 Å². The molecule has 2 aromatic carbocycles. The number of halogens is 1. The van der Waals surface area contributed by atoms with Crippen molar-refractivity contribution in [3.8, 4) is 6.07 Å². The second-order valence-corrected chi connectivity index (χ2v) is 7.79. The van der Waals surface area contributed by atoms with Gasteiger partial charge in [0, 0.05) is 31.1 Å². The number of hydrogen-bond acceptors (Lipinski definition) is 5. The van der Waals surface area contributed by atoms with Crippen molar-refractivity contribution in [1.29, 1.82) is 5.26 Å². The fourth-order valence-electron chi connectivity index (χ4n) is 3.85. The minimum atomic E-state index is -0.410. The molecule has 0 saturated heterocycles. The quantitative estimate of drug-likeness (QED) is 0.590. The van der Waals surface area contributed by atoms with Gasteiger partial charge in [-0.2, -0.15) is 5.26 Å². The highest BCUT2D eigenvalue weighted by molar-refractivity contribution is 6.30. The van der Waals surface area contributed by atoms with Crippen molar-refractivity contribution in [3.63, 3.8) is 0 Å². The highest BCUT2D eigenvalue weighted by Crippen LogP contribution is 2.26. The predicted molar refractivity (Wildman–Crippen MR) is 113 cm³/mol. The first-order valence-electron chi connectivity index (χ1n) is 9.65. The van der Waals surface area contributed by atoms with E-state index in [4.69, 9.17) is 16.3 Å². The van der Waals surface area contributed by atoms with E-state index in [0.29, 0.717) is 36.6 Å². The average Bonchev–Trinajstić information content (AvgIpc) is 3.16. The molecular weight excluding hydrogens is 400 g/mol. The third kappa shape index (κ3) is 4.23. The Balaban J connectivity index is 1.61. The summed E-state index contributed by atoms with van der Waals surface area (Å²) in [5.41, 5.74) is 4.72. The van der Waals surface area contributed by atoms with Crippen LogP contribution in [-0.2, 0) is 35.6 Å². The smallest absolute Gasteiger partial charge is 0.323 e. The lowest BCUT2D eigenvalue weighted by atomic mass is 10.0. The van der Waals surface area contributed by atoms with Gasteiger partial charge in [-0.05, 0) is 35.4 Å². The molecule has 1 aliphatic heterocycles. The summed E-state index contributed by atoms with van der Waals surface area (Å²) in [5, 5.41) is 9.89. The lowest BCUT2D eigenvalue weighted by Gasteiger charge is -2.34. The van der Waals surface area contributed by atoms with Crippen LogP contribution in [0, 0.1) is 11.3 Å². The van der Waals surface area contributed by atoms with Gasteiger partial charge in [-0.15, -0.1) is 0 Å². The maximum Gasteiger partial charge on any atom is 0.323 e. The molecule has 1 unspecified atom stereocenters. The largest absolute Gasteiger partial charge is 0.468 e. The van der Waals surface area contributed by atoms with Crippen LogP contribution in [0.2, 0.25) is 5.02 Å². The zero-order chi connectivity index (χ0) is 21.1. The standard InChI is InChI=1S/C23H21ClN4O2/c1-30-23(29)21-10-20-22(14-27(21)13-18-4-2-3-17(9-18)11-25)28(15-26-20)12-16-5-7-19(24)8-6-16/h2-9,15,21H,10,12-14H2,1H3. The van der Waals surface area contributed by atoms with Gasteiger partial charge in [0.2, 0.25) is 0 Å². The summed E-state index contributed by atoms with van der Waals surface area (Å²) in [6, 6.07) is 17.0. The van der Waals surface area contributed by atoms with Gasteiger partial charge in [0.1, 0.15) is 6.04 Å². The molecule has 4 rings (SSSR count). The molecule has 2 heterocycles. The van der Waals surface area contributed by atoms with Gasteiger partial charge in [-0.25, -0.2) is 4.98 Å². The molecule has 0 N–H and O–H groups in total. The van der Waals surface area contributed by atoms with Crippen LogP contribution in [0.25, 0.3) is 0 Å². The minimum absolute atomic E-state index is 0.274. The van der Waals surface area contributed by atoms with Gasteiger partial charge in [0.05, 0.1) is 36.5 Å². The number of fused-ring (bicyclic) bond motifs is 1. The number of nitriles is 1. The molecule has 0 saturated carbocycles. The van der Waals surface area contributed by atoms with E-state index < -0.39 is 6.04 Å². The van der Waals surface area contributed by atoms with E-state index in [1.807, 2.05) is 48.8 Å². The summed E-state index contributed by atoms with van der Waals surface area (Å²) in [4.78, 5) is 19.1. The van der Waals surface area contributed by atoms with E-state index in [0.717, 1.165) is 22.5 Å². The molecule has 3 aromatic rings. The second-order valence-electron chi connectivity index (χ2n) is 7.35. The van der Waals surface area contributed by atoms with Crippen LogP contribution >= 0.6 is 11.6 Å². The SMILES string of the molecule is COC(=O)C1Cc2ncn(Cc3ccc(Cl)cc3)c2CN1Cc1cccc(C#N)c1. The molecule has 0 radical (unpaired) electrons. The predicted octanol–water partition coefficient (Wildman–Crippen LogP) is 3.56. The highest BCUT2D eigenvalue weighted by Gasteiger charge is 2.34. The number of nitrogens with zero attached hydrogens (tertiary/aromatic N) is 4. The number of carbonyl (C=O) groups is 1. The Kier molecular flexibility index (Phi) is 5.84. The fraction of sp³-hybridized carbons (Fsp3) is 0.261. The third-order valence-electron chi connectivity index (χ3n) is 5.39. The van der Waals surface area contributed by atoms with Crippen LogP contribution in [0.5, 0.6) is 0 Å². The fourth-order valence-corrected chi connectivity index (χ4v) is 3.97. The van der Waals surface area contributed by atoms with Gasteiger partial charge in [-0.3, -0.25) is 9.69 Å². The first kappa shape index (κ1) is 20.1. The summed E-state index contributed by atoms with van der Waals surface area (Å²) in [6.07, 6.45) is 2.32. The molecule has 0 aliphatic carbocycles. The normalized spacial score (nSPS) is 16.0. The van der Waals surface area contributed by atoms with Crippen LogP contribution < -0.4 is 0 Å². The van der Waals surface area contributed by atoms with Crippen molar-refractivity contribution in [3.05, 3.63) is 88.0 Å². The number of benzene rings is 2. The Morgan fingerprint density at radius 1 is 1.23 bits per heavy atom. The van der Waals surface area contributed by atoms with Crippen molar-refractivity contribution >= 4 is 17.6 Å². The Morgan fingerprint density at radius 3 is 2.77 bits per heavy atom. The van der Waals surface area contributed by atoms with E-state index in [1.54, 1.807) is 6.07 Å². The van der Waals surface area contributed by atoms with E-state index in [-0.39, 0.29) is 5.97 Å². The van der Waals surface area contributed by atoms with Gasteiger partial charge in [0.15, 0.2) is 0 Å². The maximum absolute atomic E-state index is 12.5. The Labute approximate surface area is 180 Å². The number of imidazole rings is 1. The zero-order valence-corrected chi connectivity index (χ0v) is 17.3. The molecule has 0 bridgehead atoms. The molecule has 1 atom stereocenters. The van der Waals surface area contributed by atoms with Crippen LogP contribution in [0.3, 0.4) is 0 Å². The Morgan fingerprint density at radius 2 is 2.03 bits per heavy atom. The number of ether oxygens (including phenoxy) is 1. The van der Waals surface area contributed by atoms with Crippen LogP contribution in [0.1, 0.15) is 28.1 Å². The van der Waals surface area contributed by atoms with Crippen LogP contribution in [-0.4, -0.2) is 33.6 Å². The summed E-state index contributed by atoms with van der Waals surface area (Å²) < 4.78 is 7.17. The van der Waals surface area contributed by atoms with Gasteiger partial charge >= 0.3 is 5.97 Å². The van der Waals surface area contributed by atoms with Gasteiger partial charge in [0.25, 0.3) is 0 Å². The summed E-state index contributed by atoms with van der Waals surface area (Å²) >= 11 is 6.00. The zero-order valence-electron chi connectivity index (χ0n) is 16.6. The number of esters is 1. The lowest BCUT2D eigenvalue weighted by molar-refractivity contribution is -0.148. The van der Waals surface area contributed by atoms with Crippen LogP contribution in [0.4, 0.5) is 0 Å². The number of aromatic nitrogens is 2. The van der Waals surface area contributed by atoms with E-state index in [2.05, 4.69) is 20.5 Å². The highest BCUT2D eigenvalue weighted by atomic mass is 35.5. The topological polar surface area (TPSA) is 71.2 Å². The van der Waals surface area contributed by atoms with Crippen molar-refractivity contribution in [2.75, 3.05) is 7.11 Å². The molecule has 6 nitrogen and oxygen atoms in total. The number of hydrogen-bond donors (Lipinski definition) is 0. The monoisotopic (exact) mass is 420 g/mol. The summed E-state index contributed by atoms with van der Waals surface area (Å²) in [7, 11) is 1.41. The summed E-state index contributed by atoms with van der Waals surface area (Å²) in [5.74, 6) is -0.274. The van der Waals surface area contributed by atoms with E-state index in [9.17, 15) is 10.1 Å². The molecule has 0 spiro atoms. The molecule has 152 valence electrons.